The Morgan fingerprint density at radius 2 is 2.00 bits per heavy atom. The molecule has 0 saturated carbocycles. The van der Waals surface area contributed by atoms with Crippen LogP contribution in [0.4, 0.5) is 4.79 Å². The van der Waals surface area contributed by atoms with Crippen molar-refractivity contribution in [3.63, 3.8) is 0 Å². The molecule has 1 amide bonds. The number of hydrogen-bond acceptors (Lipinski definition) is 5. The molecule has 2 atom stereocenters. The van der Waals surface area contributed by atoms with Gasteiger partial charge in [-0.2, -0.15) is 0 Å². The van der Waals surface area contributed by atoms with Crippen LogP contribution in [0.25, 0.3) is 0 Å². The predicted molar refractivity (Wildman–Crippen MR) is 67.5 cm³/mol. The molecule has 0 aromatic carbocycles. The van der Waals surface area contributed by atoms with E-state index in [0.29, 0.717) is 32.4 Å². The fourth-order valence-corrected chi connectivity index (χ4v) is 2.22. The van der Waals surface area contributed by atoms with Crippen molar-refractivity contribution >= 4 is 18.3 Å². The first-order valence-electron chi connectivity index (χ1n) is 6.65. The highest BCUT2D eigenvalue weighted by molar-refractivity contribution is 5.87. The number of likely N-dealkylation sites (tertiary alicyclic amines) is 1. The lowest BCUT2D eigenvalue weighted by Crippen LogP contribution is -2.30. The van der Waals surface area contributed by atoms with Gasteiger partial charge in [0.2, 0.25) is 0 Å². The topological polar surface area (TPSA) is 72.9 Å². The Labute approximate surface area is 113 Å². The Morgan fingerprint density at radius 1 is 1.32 bits per heavy atom. The van der Waals surface area contributed by atoms with Crippen molar-refractivity contribution in [1.29, 1.82) is 0 Å². The summed E-state index contributed by atoms with van der Waals surface area (Å²) in [5.74, 6) is -1.07. The van der Waals surface area contributed by atoms with Crippen molar-refractivity contribution in [3.8, 4) is 0 Å². The van der Waals surface area contributed by atoms with Crippen LogP contribution in [0.5, 0.6) is 0 Å². The van der Waals surface area contributed by atoms with E-state index in [1.807, 2.05) is 0 Å². The van der Waals surface area contributed by atoms with Crippen LogP contribution in [0.1, 0.15) is 26.7 Å². The molecule has 1 aliphatic heterocycles. The van der Waals surface area contributed by atoms with Gasteiger partial charge >= 0.3 is 12.1 Å². The maximum atomic E-state index is 11.5. The summed E-state index contributed by atoms with van der Waals surface area (Å²) < 4.78 is 9.76. The van der Waals surface area contributed by atoms with Crippen LogP contribution in [0, 0.1) is 11.8 Å². The largest absolute Gasteiger partial charge is 0.465 e. The quantitative estimate of drug-likeness (QED) is 0.413. The Kier molecular flexibility index (Phi) is 6.32. The number of carbonyl (C=O) groups is 3. The Balaban J connectivity index is 2.44. The smallest absolute Gasteiger partial charge is 0.409 e. The van der Waals surface area contributed by atoms with Gasteiger partial charge in [0.25, 0.3) is 0 Å². The first-order chi connectivity index (χ1) is 9.12. The molecule has 0 aromatic rings. The van der Waals surface area contributed by atoms with Crippen LogP contribution in [-0.2, 0) is 19.1 Å². The molecule has 1 fully saturated rings. The third-order valence-electron chi connectivity index (χ3n) is 3.15. The van der Waals surface area contributed by atoms with E-state index in [2.05, 4.69) is 0 Å². The molecule has 1 aliphatic rings. The van der Waals surface area contributed by atoms with Crippen molar-refractivity contribution in [2.75, 3.05) is 26.3 Å². The van der Waals surface area contributed by atoms with E-state index in [0.717, 1.165) is 6.42 Å². The van der Waals surface area contributed by atoms with E-state index in [4.69, 9.17) is 9.47 Å². The number of aldehydes is 1. The van der Waals surface area contributed by atoms with Gasteiger partial charge < -0.3 is 19.2 Å². The van der Waals surface area contributed by atoms with E-state index in [-0.39, 0.29) is 18.6 Å². The monoisotopic (exact) mass is 271 g/mol. The summed E-state index contributed by atoms with van der Waals surface area (Å²) in [6.45, 7) is 5.22. The van der Waals surface area contributed by atoms with Gasteiger partial charge in [0, 0.05) is 13.1 Å². The highest BCUT2D eigenvalue weighted by Crippen LogP contribution is 2.24. The lowest BCUT2D eigenvalue weighted by Gasteiger charge is -2.17. The average molecular weight is 271 g/mol. The van der Waals surface area contributed by atoms with Gasteiger partial charge in [0.1, 0.15) is 12.2 Å². The SMILES string of the molecule is CCOC(=O)C(C=O)CC1CCN(C(=O)OCC)C1. The number of carbonyl (C=O) groups excluding carboxylic acids is 3. The van der Waals surface area contributed by atoms with Gasteiger partial charge in [-0.3, -0.25) is 4.79 Å². The summed E-state index contributed by atoms with van der Waals surface area (Å²) in [4.78, 5) is 35.6. The normalized spacial score (nSPS) is 19.9. The summed E-state index contributed by atoms with van der Waals surface area (Å²) >= 11 is 0. The van der Waals surface area contributed by atoms with Crippen LogP contribution in [0.3, 0.4) is 0 Å². The van der Waals surface area contributed by atoms with E-state index in [9.17, 15) is 14.4 Å². The molecule has 1 saturated heterocycles. The molecule has 0 spiro atoms. The van der Waals surface area contributed by atoms with Crippen LogP contribution in [-0.4, -0.2) is 49.6 Å². The number of esters is 1. The lowest BCUT2D eigenvalue weighted by atomic mass is 9.95. The van der Waals surface area contributed by atoms with Crippen LogP contribution >= 0.6 is 0 Å². The second-order valence-electron chi connectivity index (χ2n) is 4.53. The minimum Gasteiger partial charge on any atom is -0.465 e. The number of nitrogens with zero attached hydrogens (tertiary/aromatic N) is 1. The average Bonchev–Trinajstić information content (AvgIpc) is 2.85. The molecule has 6 heteroatoms. The van der Waals surface area contributed by atoms with E-state index in [1.54, 1.807) is 18.7 Å². The van der Waals surface area contributed by atoms with Crippen LogP contribution in [0.2, 0.25) is 0 Å². The molecule has 6 nitrogen and oxygen atoms in total. The zero-order chi connectivity index (χ0) is 14.3. The first-order valence-corrected chi connectivity index (χ1v) is 6.65. The molecule has 19 heavy (non-hydrogen) atoms. The third kappa shape index (κ3) is 4.54. The number of hydrogen-bond donors (Lipinski definition) is 0. The summed E-state index contributed by atoms with van der Waals surface area (Å²) in [6.07, 6.45) is 1.51. The van der Waals surface area contributed by atoms with Gasteiger partial charge in [-0.15, -0.1) is 0 Å². The van der Waals surface area contributed by atoms with Crippen LogP contribution < -0.4 is 0 Å². The second-order valence-corrected chi connectivity index (χ2v) is 4.53. The van der Waals surface area contributed by atoms with Crippen molar-refractivity contribution in [1.82, 2.24) is 4.90 Å². The zero-order valence-electron chi connectivity index (χ0n) is 11.5. The molecule has 108 valence electrons. The minimum absolute atomic E-state index is 0.143. The van der Waals surface area contributed by atoms with Crippen molar-refractivity contribution in [2.45, 2.75) is 26.7 Å². The molecule has 0 radical (unpaired) electrons. The standard InChI is InChI=1S/C13H21NO5/c1-3-18-12(16)11(9-15)7-10-5-6-14(8-10)13(17)19-4-2/h9-11H,3-8H2,1-2H3. The van der Waals surface area contributed by atoms with Gasteiger partial charge in [-0.1, -0.05) is 0 Å². The molecule has 2 unspecified atom stereocenters. The van der Waals surface area contributed by atoms with E-state index >= 15 is 0 Å². The fourth-order valence-electron chi connectivity index (χ4n) is 2.22. The van der Waals surface area contributed by atoms with Crippen molar-refractivity contribution in [3.05, 3.63) is 0 Å². The lowest BCUT2D eigenvalue weighted by molar-refractivity contribution is -0.149. The number of ether oxygens (including phenoxy) is 2. The molecule has 0 aromatic heterocycles. The van der Waals surface area contributed by atoms with Gasteiger partial charge in [0.15, 0.2) is 0 Å². The number of rotatable bonds is 6. The first kappa shape index (κ1) is 15.5. The summed E-state index contributed by atoms with van der Waals surface area (Å²) in [6, 6.07) is 0. The van der Waals surface area contributed by atoms with Gasteiger partial charge in [-0.25, -0.2) is 4.79 Å². The summed E-state index contributed by atoms with van der Waals surface area (Å²) in [5.41, 5.74) is 0. The molecule has 0 aliphatic carbocycles. The maximum Gasteiger partial charge on any atom is 0.409 e. The predicted octanol–water partition coefficient (Wildman–Crippen LogP) is 1.23. The Bertz CT molecular complexity index is 331. The Morgan fingerprint density at radius 3 is 2.58 bits per heavy atom. The summed E-state index contributed by atoms with van der Waals surface area (Å²) in [7, 11) is 0. The van der Waals surface area contributed by atoms with E-state index < -0.39 is 11.9 Å². The third-order valence-corrected chi connectivity index (χ3v) is 3.15. The molecular formula is C13H21NO5. The van der Waals surface area contributed by atoms with E-state index in [1.165, 1.54) is 0 Å². The highest BCUT2D eigenvalue weighted by atomic mass is 16.6. The summed E-state index contributed by atoms with van der Waals surface area (Å²) in [5, 5.41) is 0. The molecule has 1 rings (SSSR count). The van der Waals surface area contributed by atoms with Crippen LogP contribution in [0.15, 0.2) is 0 Å². The van der Waals surface area contributed by atoms with Gasteiger partial charge in [0.05, 0.1) is 13.2 Å². The minimum atomic E-state index is -0.730. The molecule has 0 N–H and O–H groups in total. The zero-order valence-corrected chi connectivity index (χ0v) is 11.5. The number of amides is 1. The second kappa shape index (κ2) is 7.76. The van der Waals surface area contributed by atoms with Crippen molar-refractivity contribution < 1.29 is 23.9 Å². The van der Waals surface area contributed by atoms with Gasteiger partial charge in [-0.05, 0) is 32.6 Å². The fraction of sp³-hybridized carbons (Fsp3) is 0.769. The molecule has 1 heterocycles. The highest BCUT2D eigenvalue weighted by Gasteiger charge is 2.31. The maximum absolute atomic E-state index is 11.5. The van der Waals surface area contributed by atoms with Crippen molar-refractivity contribution in [2.24, 2.45) is 11.8 Å². The Hall–Kier alpha value is -1.59. The molecular weight excluding hydrogens is 250 g/mol. The molecule has 0 bridgehead atoms.